The minimum Gasteiger partial charge on any atom is -0.464 e. The number of hydrogen-bond acceptors (Lipinski definition) is 6. The van der Waals surface area contributed by atoms with Crippen LogP contribution < -0.4 is 0 Å². The minimum absolute atomic E-state index is 0.0468. The van der Waals surface area contributed by atoms with E-state index in [1.165, 1.54) is 26.4 Å². The van der Waals surface area contributed by atoms with Crippen LogP contribution in [0.25, 0.3) is 0 Å². The van der Waals surface area contributed by atoms with E-state index in [1.54, 1.807) is 0 Å². The van der Waals surface area contributed by atoms with Gasteiger partial charge in [-0.3, -0.25) is 0 Å². The quantitative estimate of drug-likeness (QED) is 0.737. The molecule has 6 nitrogen and oxygen atoms in total. The van der Waals surface area contributed by atoms with Crippen molar-refractivity contribution in [1.82, 2.24) is 4.98 Å². The smallest absolute Gasteiger partial charge is 0.356 e. The molecule has 0 radical (unpaired) electrons. The van der Waals surface area contributed by atoms with Crippen molar-refractivity contribution in [2.75, 3.05) is 14.2 Å². The number of pyridine rings is 1. The molecule has 16 heavy (non-hydrogen) atoms. The van der Waals surface area contributed by atoms with E-state index in [-0.39, 0.29) is 18.0 Å². The molecule has 0 unspecified atom stereocenters. The highest BCUT2D eigenvalue weighted by atomic mass is 16.5. The molecule has 1 N–H and O–H groups in total. The molecular formula is C10H11NO5. The Morgan fingerprint density at radius 1 is 1.19 bits per heavy atom. The third-order valence-electron chi connectivity index (χ3n) is 1.86. The van der Waals surface area contributed by atoms with Crippen molar-refractivity contribution >= 4 is 11.9 Å². The summed E-state index contributed by atoms with van der Waals surface area (Å²) in [4.78, 5) is 26.2. The summed E-state index contributed by atoms with van der Waals surface area (Å²) >= 11 is 0. The Labute approximate surface area is 91.8 Å². The summed E-state index contributed by atoms with van der Waals surface area (Å²) in [6.45, 7) is -0.309. The molecule has 1 rings (SSSR count). The lowest BCUT2D eigenvalue weighted by Crippen LogP contribution is -2.11. The standard InChI is InChI=1S/C10H11NO5/c1-15-9(13)7-3-6(5-12)4-8(11-7)10(14)16-2/h3-4,12H,5H2,1-2H3. The van der Waals surface area contributed by atoms with Gasteiger partial charge in [-0.15, -0.1) is 0 Å². The molecule has 0 aliphatic heterocycles. The van der Waals surface area contributed by atoms with Crippen molar-refractivity contribution in [3.8, 4) is 0 Å². The molecule has 0 fully saturated rings. The molecule has 0 aliphatic carbocycles. The number of hydrogen-bond donors (Lipinski definition) is 1. The fraction of sp³-hybridized carbons (Fsp3) is 0.300. The third kappa shape index (κ3) is 2.54. The SMILES string of the molecule is COC(=O)c1cc(CO)cc(C(=O)OC)n1. The summed E-state index contributed by atoms with van der Waals surface area (Å²) in [5.41, 5.74) is 0.291. The molecule has 1 aromatic rings. The van der Waals surface area contributed by atoms with Gasteiger partial charge in [0.25, 0.3) is 0 Å². The van der Waals surface area contributed by atoms with Crippen LogP contribution in [0.3, 0.4) is 0 Å². The summed E-state index contributed by atoms with van der Waals surface area (Å²) in [6, 6.07) is 2.69. The van der Waals surface area contributed by atoms with E-state index in [9.17, 15) is 9.59 Å². The normalized spacial score (nSPS) is 9.69. The largest absolute Gasteiger partial charge is 0.464 e. The fourth-order valence-corrected chi connectivity index (χ4v) is 1.10. The van der Waals surface area contributed by atoms with Crippen molar-refractivity contribution in [2.45, 2.75) is 6.61 Å². The van der Waals surface area contributed by atoms with Gasteiger partial charge >= 0.3 is 11.9 Å². The molecule has 86 valence electrons. The van der Waals surface area contributed by atoms with Crippen LogP contribution in [0.1, 0.15) is 26.5 Å². The average Bonchev–Trinajstić information content (AvgIpc) is 2.35. The highest BCUT2D eigenvalue weighted by molar-refractivity contribution is 5.91. The summed E-state index contributed by atoms with van der Waals surface area (Å²) < 4.78 is 8.94. The summed E-state index contributed by atoms with van der Waals surface area (Å²) in [5, 5.41) is 8.96. The van der Waals surface area contributed by atoms with Gasteiger partial charge in [-0.25, -0.2) is 14.6 Å². The van der Waals surface area contributed by atoms with E-state index < -0.39 is 11.9 Å². The second-order valence-electron chi connectivity index (χ2n) is 2.89. The summed E-state index contributed by atoms with van der Waals surface area (Å²) in [6.07, 6.45) is 0. The lowest BCUT2D eigenvalue weighted by molar-refractivity contribution is 0.0585. The molecule has 0 spiro atoms. The molecule has 1 aromatic heterocycles. The Balaban J connectivity index is 3.20. The summed E-state index contributed by atoms with van der Waals surface area (Å²) in [7, 11) is 2.40. The molecule has 0 saturated heterocycles. The molecule has 0 aliphatic rings. The van der Waals surface area contributed by atoms with Crippen LogP contribution in [0.2, 0.25) is 0 Å². The Hall–Kier alpha value is -1.95. The minimum atomic E-state index is -0.680. The zero-order chi connectivity index (χ0) is 12.1. The number of rotatable bonds is 3. The first-order chi connectivity index (χ1) is 7.62. The van der Waals surface area contributed by atoms with Gasteiger partial charge in [-0.1, -0.05) is 0 Å². The Bertz CT molecular complexity index is 381. The average molecular weight is 225 g/mol. The highest BCUT2D eigenvalue weighted by Gasteiger charge is 2.15. The molecule has 0 atom stereocenters. The number of aromatic nitrogens is 1. The van der Waals surface area contributed by atoms with E-state index in [0.717, 1.165) is 0 Å². The first kappa shape index (κ1) is 12.1. The second-order valence-corrected chi connectivity index (χ2v) is 2.89. The van der Waals surface area contributed by atoms with Crippen LogP contribution in [-0.2, 0) is 16.1 Å². The van der Waals surface area contributed by atoms with Gasteiger partial charge in [0.15, 0.2) is 0 Å². The third-order valence-corrected chi connectivity index (χ3v) is 1.86. The maximum Gasteiger partial charge on any atom is 0.356 e. The van der Waals surface area contributed by atoms with Crippen molar-refractivity contribution in [3.05, 3.63) is 29.1 Å². The number of aliphatic hydroxyl groups is 1. The second kappa shape index (κ2) is 5.22. The molecular weight excluding hydrogens is 214 g/mol. The van der Waals surface area contributed by atoms with Gasteiger partial charge in [0.05, 0.1) is 20.8 Å². The number of esters is 2. The van der Waals surface area contributed by atoms with Crippen LogP contribution in [0.15, 0.2) is 12.1 Å². The highest BCUT2D eigenvalue weighted by Crippen LogP contribution is 2.08. The van der Waals surface area contributed by atoms with Gasteiger partial charge in [0.1, 0.15) is 11.4 Å². The van der Waals surface area contributed by atoms with Crippen LogP contribution >= 0.6 is 0 Å². The molecule has 0 saturated carbocycles. The summed E-state index contributed by atoms with van der Waals surface area (Å²) in [5.74, 6) is -1.36. The maximum absolute atomic E-state index is 11.2. The molecule has 0 aromatic carbocycles. The van der Waals surface area contributed by atoms with Crippen molar-refractivity contribution in [2.24, 2.45) is 0 Å². The van der Waals surface area contributed by atoms with E-state index in [2.05, 4.69) is 14.5 Å². The number of ether oxygens (including phenoxy) is 2. The predicted molar refractivity (Wildman–Crippen MR) is 52.8 cm³/mol. The Morgan fingerprint density at radius 2 is 1.62 bits per heavy atom. The van der Waals surface area contributed by atoms with Crippen molar-refractivity contribution in [3.63, 3.8) is 0 Å². The lowest BCUT2D eigenvalue weighted by atomic mass is 10.2. The zero-order valence-corrected chi connectivity index (χ0v) is 8.89. The van der Waals surface area contributed by atoms with Gasteiger partial charge < -0.3 is 14.6 Å². The Kier molecular flexibility index (Phi) is 3.96. The lowest BCUT2D eigenvalue weighted by Gasteiger charge is -2.04. The van der Waals surface area contributed by atoms with Gasteiger partial charge in [-0.2, -0.15) is 0 Å². The first-order valence-corrected chi connectivity index (χ1v) is 4.40. The molecule has 0 bridgehead atoms. The number of methoxy groups -OCH3 is 2. The zero-order valence-electron chi connectivity index (χ0n) is 8.89. The Morgan fingerprint density at radius 3 is 1.94 bits per heavy atom. The van der Waals surface area contributed by atoms with E-state index in [4.69, 9.17) is 5.11 Å². The van der Waals surface area contributed by atoms with Gasteiger partial charge in [0, 0.05) is 0 Å². The number of nitrogens with zero attached hydrogens (tertiary/aromatic N) is 1. The van der Waals surface area contributed by atoms with Crippen LogP contribution in [0.5, 0.6) is 0 Å². The van der Waals surface area contributed by atoms with Gasteiger partial charge in [-0.05, 0) is 17.7 Å². The van der Waals surface area contributed by atoms with E-state index >= 15 is 0 Å². The predicted octanol–water partition coefficient (Wildman–Crippen LogP) is 0.147. The number of aliphatic hydroxyl groups excluding tert-OH is 1. The number of carbonyl (C=O) groups is 2. The van der Waals surface area contributed by atoms with Crippen LogP contribution in [0.4, 0.5) is 0 Å². The van der Waals surface area contributed by atoms with E-state index in [0.29, 0.717) is 5.56 Å². The topological polar surface area (TPSA) is 85.7 Å². The molecule has 1 heterocycles. The maximum atomic E-state index is 11.2. The fourth-order valence-electron chi connectivity index (χ4n) is 1.10. The first-order valence-electron chi connectivity index (χ1n) is 4.40. The van der Waals surface area contributed by atoms with Crippen molar-refractivity contribution in [1.29, 1.82) is 0 Å². The monoisotopic (exact) mass is 225 g/mol. The van der Waals surface area contributed by atoms with Crippen LogP contribution in [-0.4, -0.2) is 36.2 Å². The molecule has 6 heteroatoms. The van der Waals surface area contributed by atoms with Gasteiger partial charge in [0.2, 0.25) is 0 Å². The molecule has 0 amide bonds. The van der Waals surface area contributed by atoms with E-state index in [1.807, 2.05) is 0 Å². The number of carbonyl (C=O) groups excluding carboxylic acids is 2. The van der Waals surface area contributed by atoms with Crippen LogP contribution in [0, 0.1) is 0 Å². The van der Waals surface area contributed by atoms with Crippen molar-refractivity contribution < 1.29 is 24.2 Å².